The Morgan fingerprint density at radius 2 is 1.44 bits per heavy atom. The minimum atomic E-state index is 0.281. The molecule has 0 atom stereocenters. The number of pyridine rings is 1. The number of unbranched alkanes of at least 4 members (excludes halogenated alkanes) is 15. The Labute approximate surface area is 310 Å². The molecule has 2 aliphatic heterocycles. The van der Waals surface area contributed by atoms with E-state index in [9.17, 15) is 0 Å². The number of fused-ring (bicyclic) bond motifs is 6. The van der Waals surface area contributed by atoms with Gasteiger partial charge in [0.2, 0.25) is 12.5 Å². The first-order valence-corrected chi connectivity index (χ1v) is 20.3. The van der Waals surface area contributed by atoms with Crippen LogP contribution in [0.2, 0.25) is 0 Å². The largest absolute Gasteiger partial charge is 0.493 e. The van der Waals surface area contributed by atoms with Crippen LogP contribution in [-0.4, -0.2) is 23.5 Å². The van der Waals surface area contributed by atoms with Crippen LogP contribution in [-0.2, 0) is 26.1 Å². The predicted octanol–water partition coefficient (Wildman–Crippen LogP) is 11.3. The molecule has 0 fully saturated rings. The Morgan fingerprint density at radius 3 is 2.15 bits per heavy atom. The molecule has 0 saturated heterocycles. The molecule has 276 valence electrons. The lowest BCUT2D eigenvalue weighted by Gasteiger charge is -2.18. The molecule has 4 heterocycles. The molecule has 7 rings (SSSR count). The molecule has 0 radical (unpaired) electrons. The van der Waals surface area contributed by atoms with Gasteiger partial charge in [-0.2, -0.15) is 4.57 Å². The van der Waals surface area contributed by atoms with Gasteiger partial charge in [0, 0.05) is 19.0 Å². The molecular formula is C45H58N3O4+. The average Bonchev–Trinajstić information content (AvgIpc) is 3.78. The van der Waals surface area contributed by atoms with Crippen LogP contribution in [0.3, 0.4) is 0 Å². The van der Waals surface area contributed by atoms with Gasteiger partial charge in [-0.1, -0.05) is 115 Å². The van der Waals surface area contributed by atoms with Gasteiger partial charge in [0.25, 0.3) is 0 Å². The van der Waals surface area contributed by atoms with Crippen molar-refractivity contribution in [2.75, 3.05) is 13.9 Å². The molecule has 0 unspecified atom stereocenters. The second-order valence-electron chi connectivity index (χ2n) is 14.8. The summed E-state index contributed by atoms with van der Waals surface area (Å²) in [5, 5.41) is 2.14. The molecule has 7 nitrogen and oxygen atoms in total. The zero-order chi connectivity index (χ0) is 35.5. The van der Waals surface area contributed by atoms with Crippen molar-refractivity contribution >= 4 is 21.8 Å². The van der Waals surface area contributed by atoms with Crippen molar-refractivity contribution in [2.45, 2.75) is 136 Å². The first-order valence-electron chi connectivity index (χ1n) is 20.3. The third kappa shape index (κ3) is 8.51. The zero-order valence-electron chi connectivity index (χ0n) is 31.6. The average molecular weight is 705 g/mol. The molecule has 2 aliphatic rings. The van der Waals surface area contributed by atoms with Crippen molar-refractivity contribution in [2.24, 2.45) is 0 Å². The maximum Gasteiger partial charge on any atom is 0.231 e. The van der Waals surface area contributed by atoms with E-state index in [0.29, 0.717) is 6.61 Å². The van der Waals surface area contributed by atoms with Crippen molar-refractivity contribution in [1.82, 2.24) is 9.55 Å². The molecule has 0 saturated carbocycles. The van der Waals surface area contributed by atoms with Gasteiger partial charge in [0.15, 0.2) is 35.7 Å². The van der Waals surface area contributed by atoms with E-state index in [2.05, 4.69) is 70.8 Å². The maximum atomic E-state index is 6.69. The van der Waals surface area contributed by atoms with E-state index in [1.165, 1.54) is 119 Å². The van der Waals surface area contributed by atoms with Gasteiger partial charge in [-0.25, -0.2) is 4.98 Å². The highest BCUT2D eigenvalue weighted by atomic mass is 16.7. The standard InChI is InChI=1S/C45H58N3O4/c1-3-4-5-6-7-8-9-10-11-12-13-14-15-16-17-20-26-48-39-22-19-18-21-38(39)46-44(48)32-50-45-37-31-47-27-25-35-29-42-43(52-33-51-42)30-36(35)40(47)28-34(37)23-24-41(45)49-2/h18-19,21-24,28-31H,3-17,20,25-27,32-33H2,1-2H3/q+1. The lowest BCUT2D eigenvalue weighted by atomic mass is 9.95. The van der Waals surface area contributed by atoms with Crippen LogP contribution in [0.5, 0.6) is 23.0 Å². The minimum Gasteiger partial charge on any atom is -0.493 e. The number of methoxy groups -OCH3 is 1. The number of nitrogens with zero attached hydrogens (tertiary/aromatic N) is 3. The van der Waals surface area contributed by atoms with Crippen molar-refractivity contribution in [3.05, 3.63) is 72.2 Å². The lowest BCUT2D eigenvalue weighted by Crippen LogP contribution is -2.40. The summed E-state index contributed by atoms with van der Waals surface area (Å²) in [6.45, 7) is 4.78. The number of hydrogen-bond acceptors (Lipinski definition) is 5. The Morgan fingerprint density at radius 1 is 0.769 bits per heavy atom. The van der Waals surface area contributed by atoms with Crippen LogP contribution < -0.4 is 23.5 Å². The summed E-state index contributed by atoms with van der Waals surface area (Å²) in [5.74, 6) is 4.10. The number of para-hydroxylation sites is 2. The summed E-state index contributed by atoms with van der Waals surface area (Å²) in [6, 6.07) is 19.1. The summed E-state index contributed by atoms with van der Waals surface area (Å²) in [4.78, 5) is 5.05. The first-order chi connectivity index (χ1) is 25.7. The maximum absolute atomic E-state index is 6.69. The molecule has 0 bridgehead atoms. The molecule has 52 heavy (non-hydrogen) atoms. The van der Waals surface area contributed by atoms with E-state index in [4.69, 9.17) is 23.9 Å². The van der Waals surface area contributed by atoms with Crippen LogP contribution >= 0.6 is 0 Å². The van der Waals surface area contributed by atoms with E-state index in [0.717, 1.165) is 71.0 Å². The van der Waals surface area contributed by atoms with E-state index < -0.39 is 0 Å². The molecule has 2 aromatic heterocycles. The smallest absolute Gasteiger partial charge is 0.231 e. The normalized spacial score (nSPS) is 13.1. The first kappa shape index (κ1) is 36.1. The van der Waals surface area contributed by atoms with Crippen LogP contribution in [0, 0.1) is 0 Å². The van der Waals surface area contributed by atoms with Gasteiger partial charge in [-0.05, 0) is 53.8 Å². The Hall–Kier alpha value is -4.26. The van der Waals surface area contributed by atoms with Gasteiger partial charge in [0.05, 0.1) is 29.1 Å². The summed E-state index contributed by atoms with van der Waals surface area (Å²) >= 11 is 0. The Balaban J connectivity index is 0.943. The third-order valence-electron chi connectivity index (χ3n) is 11.1. The van der Waals surface area contributed by atoms with Crippen molar-refractivity contribution in [1.29, 1.82) is 0 Å². The Bertz CT molecular complexity index is 1930. The molecule has 0 N–H and O–H groups in total. The number of aryl methyl sites for hydroxylation is 3. The molecule has 5 aromatic rings. The topological polar surface area (TPSA) is 58.6 Å². The molecule has 3 aromatic carbocycles. The molecule has 0 spiro atoms. The lowest BCUT2D eigenvalue weighted by molar-refractivity contribution is -0.686. The number of rotatable bonds is 21. The summed E-state index contributed by atoms with van der Waals surface area (Å²) in [5.41, 5.74) is 5.85. The monoisotopic (exact) mass is 704 g/mol. The van der Waals surface area contributed by atoms with Crippen LogP contribution in [0.25, 0.3) is 33.1 Å². The molecule has 7 heteroatoms. The quantitative estimate of drug-likeness (QED) is 0.0562. The second kappa shape index (κ2) is 18.0. The van der Waals surface area contributed by atoms with Crippen molar-refractivity contribution < 1.29 is 23.5 Å². The van der Waals surface area contributed by atoms with Crippen LogP contribution in [0.15, 0.2) is 60.8 Å². The van der Waals surface area contributed by atoms with E-state index in [1.807, 2.05) is 6.07 Å². The minimum absolute atomic E-state index is 0.281. The Kier molecular flexibility index (Phi) is 12.5. The summed E-state index contributed by atoms with van der Waals surface area (Å²) in [7, 11) is 1.71. The number of hydrogen-bond donors (Lipinski definition) is 0. The van der Waals surface area contributed by atoms with Crippen molar-refractivity contribution in [3.8, 4) is 34.3 Å². The van der Waals surface area contributed by atoms with E-state index >= 15 is 0 Å². The fraction of sp³-hybridized carbons (Fsp3) is 0.511. The molecular weight excluding hydrogens is 647 g/mol. The number of imidazole rings is 1. The van der Waals surface area contributed by atoms with Crippen molar-refractivity contribution in [3.63, 3.8) is 0 Å². The number of aromatic nitrogens is 3. The fourth-order valence-electron chi connectivity index (χ4n) is 8.15. The highest BCUT2D eigenvalue weighted by Gasteiger charge is 2.29. The summed E-state index contributed by atoms with van der Waals surface area (Å²) in [6.07, 6.45) is 25.1. The van der Waals surface area contributed by atoms with Gasteiger partial charge in [-0.15, -0.1) is 0 Å². The fourth-order valence-corrected chi connectivity index (χ4v) is 8.15. The highest BCUT2D eigenvalue weighted by Crippen LogP contribution is 2.42. The van der Waals surface area contributed by atoms with Gasteiger partial charge in [-0.3, -0.25) is 0 Å². The van der Waals surface area contributed by atoms with Crippen LogP contribution in [0.1, 0.15) is 121 Å². The zero-order valence-corrected chi connectivity index (χ0v) is 31.6. The number of ether oxygens (including phenoxy) is 4. The van der Waals surface area contributed by atoms with E-state index in [1.54, 1.807) is 7.11 Å². The molecule has 0 amide bonds. The molecule has 0 aliphatic carbocycles. The van der Waals surface area contributed by atoms with Gasteiger partial charge in [0.1, 0.15) is 12.4 Å². The van der Waals surface area contributed by atoms with Gasteiger partial charge >= 0.3 is 0 Å². The van der Waals surface area contributed by atoms with Crippen LogP contribution in [0.4, 0.5) is 0 Å². The predicted molar refractivity (Wildman–Crippen MR) is 210 cm³/mol. The summed E-state index contributed by atoms with van der Waals surface area (Å²) < 4.78 is 28.6. The highest BCUT2D eigenvalue weighted by molar-refractivity contribution is 5.91. The SMILES string of the molecule is CCCCCCCCCCCCCCCCCCn1c(COc2c(OC)ccc3cc4[n+](cc23)CCc2cc3c(cc2-4)OCO3)nc2ccccc21. The van der Waals surface area contributed by atoms with Gasteiger partial charge < -0.3 is 23.5 Å². The second-order valence-corrected chi connectivity index (χ2v) is 14.8. The number of benzene rings is 3. The van der Waals surface area contributed by atoms with E-state index in [-0.39, 0.29) is 6.79 Å². The third-order valence-corrected chi connectivity index (χ3v) is 11.1.